The number of hydrogen-bond donors (Lipinski definition) is 1. The van der Waals surface area contributed by atoms with E-state index in [-0.39, 0.29) is 0 Å². The zero-order chi connectivity index (χ0) is 12.4. The molecule has 0 unspecified atom stereocenters. The minimum absolute atomic E-state index is 0.465. The molecule has 0 radical (unpaired) electrons. The maximum absolute atomic E-state index is 5.93. The van der Waals surface area contributed by atoms with Crippen LogP contribution < -0.4 is 10.5 Å². The summed E-state index contributed by atoms with van der Waals surface area (Å²) in [6.45, 7) is 0. The second-order valence-corrected chi connectivity index (χ2v) is 3.84. The highest BCUT2D eigenvalue weighted by Gasteiger charge is 2.06. The van der Waals surface area contributed by atoms with Crippen LogP contribution in [0.25, 0.3) is 10.8 Å². The highest BCUT2D eigenvalue weighted by molar-refractivity contribution is 5.97. The summed E-state index contributed by atoms with van der Waals surface area (Å²) in [5.74, 6) is 1.19. The van der Waals surface area contributed by atoms with Crippen LogP contribution in [0.1, 0.15) is 0 Å². The van der Waals surface area contributed by atoms with E-state index < -0.39 is 0 Å². The van der Waals surface area contributed by atoms with Gasteiger partial charge >= 0.3 is 0 Å². The van der Waals surface area contributed by atoms with Crippen LogP contribution in [0, 0.1) is 0 Å². The Morgan fingerprint density at radius 3 is 2.56 bits per heavy atom. The maximum Gasteiger partial charge on any atom is 0.237 e. The van der Waals surface area contributed by atoms with Crippen molar-refractivity contribution in [3.8, 4) is 11.6 Å². The summed E-state index contributed by atoms with van der Waals surface area (Å²) in [5.41, 5.74) is 6.67. The van der Waals surface area contributed by atoms with E-state index in [1.54, 1.807) is 18.6 Å². The molecule has 0 bridgehead atoms. The normalized spacial score (nSPS) is 10.4. The first kappa shape index (κ1) is 10.5. The fraction of sp³-hybridized carbons (Fsp3) is 0. The molecule has 3 aromatic rings. The fourth-order valence-electron chi connectivity index (χ4n) is 1.83. The molecule has 0 spiro atoms. The molecule has 0 aliphatic rings. The Bertz CT molecular complexity index is 683. The number of fused-ring (bicyclic) bond motifs is 1. The standard InChI is InChI=1S/C14H11N3O/c15-12-5-6-13(11-4-2-1-3-10(11)12)18-14-9-16-7-8-17-14/h1-9H,15H2. The van der Waals surface area contributed by atoms with Crippen LogP contribution in [0.5, 0.6) is 11.6 Å². The van der Waals surface area contributed by atoms with Gasteiger partial charge < -0.3 is 10.5 Å². The number of nitrogens with zero attached hydrogens (tertiary/aromatic N) is 2. The van der Waals surface area contributed by atoms with E-state index in [0.29, 0.717) is 5.88 Å². The number of nitrogens with two attached hydrogens (primary N) is 1. The third-order valence-corrected chi connectivity index (χ3v) is 2.67. The first-order chi connectivity index (χ1) is 8.84. The molecule has 2 aromatic carbocycles. The average Bonchev–Trinajstić information content (AvgIpc) is 2.44. The molecular formula is C14H11N3O. The van der Waals surface area contributed by atoms with Crippen molar-refractivity contribution in [2.45, 2.75) is 0 Å². The number of aromatic nitrogens is 2. The van der Waals surface area contributed by atoms with Crippen molar-refractivity contribution in [1.82, 2.24) is 9.97 Å². The van der Waals surface area contributed by atoms with Crippen molar-refractivity contribution < 1.29 is 4.74 Å². The van der Waals surface area contributed by atoms with Gasteiger partial charge in [0, 0.05) is 28.9 Å². The van der Waals surface area contributed by atoms with Crippen molar-refractivity contribution in [1.29, 1.82) is 0 Å². The van der Waals surface area contributed by atoms with Gasteiger partial charge in [-0.3, -0.25) is 4.98 Å². The number of ether oxygens (including phenoxy) is 1. The molecule has 4 heteroatoms. The number of benzene rings is 2. The first-order valence-corrected chi connectivity index (χ1v) is 5.56. The van der Waals surface area contributed by atoms with Gasteiger partial charge in [0.1, 0.15) is 5.75 Å². The minimum Gasteiger partial charge on any atom is -0.437 e. The number of rotatable bonds is 2. The summed E-state index contributed by atoms with van der Waals surface area (Å²) in [6, 6.07) is 11.5. The smallest absolute Gasteiger partial charge is 0.237 e. The molecule has 3 rings (SSSR count). The van der Waals surface area contributed by atoms with E-state index in [1.807, 2.05) is 36.4 Å². The summed E-state index contributed by atoms with van der Waals surface area (Å²) in [4.78, 5) is 8.05. The van der Waals surface area contributed by atoms with E-state index in [1.165, 1.54) is 0 Å². The molecule has 1 heterocycles. The molecule has 0 saturated heterocycles. The topological polar surface area (TPSA) is 61.0 Å². The average molecular weight is 237 g/mol. The Kier molecular flexibility index (Phi) is 2.53. The number of nitrogen functional groups attached to an aromatic ring is 1. The predicted octanol–water partition coefficient (Wildman–Crippen LogP) is 3.00. The van der Waals surface area contributed by atoms with E-state index in [4.69, 9.17) is 10.5 Å². The van der Waals surface area contributed by atoms with Crippen molar-refractivity contribution in [2.24, 2.45) is 0 Å². The van der Waals surface area contributed by atoms with Gasteiger partial charge in [-0.15, -0.1) is 0 Å². The molecule has 0 amide bonds. The molecule has 0 aliphatic carbocycles. The Morgan fingerprint density at radius 1 is 0.944 bits per heavy atom. The van der Waals surface area contributed by atoms with Gasteiger partial charge in [0.15, 0.2) is 0 Å². The van der Waals surface area contributed by atoms with Gasteiger partial charge in [-0.2, -0.15) is 0 Å². The van der Waals surface area contributed by atoms with Crippen LogP contribution in [0.4, 0.5) is 5.69 Å². The van der Waals surface area contributed by atoms with Gasteiger partial charge in [0.05, 0.1) is 6.20 Å². The van der Waals surface area contributed by atoms with Crippen LogP contribution in [0.3, 0.4) is 0 Å². The SMILES string of the molecule is Nc1ccc(Oc2cnccn2)c2ccccc12. The van der Waals surface area contributed by atoms with Gasteiger partial charge in [0.2, 0.25) is 5.88 Å². The molecule has 18 heavy (non-hydrogen) atoms. The van der Waals surface area contributed by atoms with E-state index in [2.05, 4.69) is 9.97 Å². The Labute approximate surface area is 104 Å². The molecule has 0 aliphatic heterocycles. The first-order valence-electron chi connectivity index (χ1n) is 5.56. The van der Waals surface area contributed by atoms with Crippen molar-refractivity contribution >= 4 is 16.5 Å². The summed E-state index contributed by atoms with van der Waals surface area (Å²) in [7, 11) is 0. The quantitative estimate of drug-likeness (QED) is 0.696. The lowest BCUT2D eigenvalue weighted by Gasteiger charge is -2.09. The summed E-state index contributed by atoms with van der Waals surface area (Å²) < 4.78 is 5.72. The third kappa shape index (κ3) is 1.84. The number of hydrogen-bond acceptors (Lipinski definition) is 4. The minimum atomic E-state index is 0.465. The van der Waals surface area contributed by atoms with Crippen molar-refractivity contribution in [2.75, 3.05) is 5.73 Å². The van der Waals surface area contributed by atoms with E-state index in [0.717, 1.165) is 22.2 Å². The monoisotopic (exact) mass is 237 g/mol. The summed E-state index contributed by atoms with van der Waals surface area (Å²) in [5, 5.41) is 1.93. The molecule has 0 atom stereocenters. The van der Waals surface area contributed by atoms with Gasteiger partial charge in [-0.25, -0.2) is 4.98 Å². The Balaban J connectivity index is 2.10. The Morgan fingerprint density at radius 2 is 1.78 bits per heavy atom. The highest BCUT2D eigenvalue weighted by Crippen LogP contribution is 2.32. The summed E-state index contributed by atoms with van der Waals surface area (Å²) in [6.07, 6.45) is 4.77. The molecule has 0 fully saturated rings. The molecule has 4 nitrogen and oxygen atoms in total. The van der Waals surface area contributed by atoms with Crippen LogP contribution in [0.2, 0.25) is 0 Å². The zero-order valence-electron chi connectivity index (χ0n) is 9.58. The van der Waals surface area contributed by atoms with Gasteiger partial charge in [0.25, 0.3) is 0 Å². The van der Waals surface area contributed by atoms with Gasteiger partial charge in [-0.05, 0) is 12.1 Å². The van der Waals surface area contributed by atoms with Crippen LogP contribution in [-0.4, -0.2) is 9.97 Å². The van der Waals surface area contributed by atoms with Crippen LogP contribution in [-0.2, 0) is 0 Å². The molecule has 88 valence electrons. The summed E-state index contributed by atoms with van der Waals surface area (Å²) >= 11 is 0. The maximum atomic E-state index is 5.93. The Hall–Kier alpha value is -2.62. The van der Waals surface area contributed by atoms with Crippen molar-refractivity contribution in [3.63, 3.8) is 0 Å². The molecule has 0 saturated carbocycles. The van der Waals surface area contributed by atoms with E-state index >= 15 is 0 Å². The lowest BCUT2D eigenvalue weighted by Crippen LogP contribution is -1.92. The lowest BCUT2D eigenvalue weighted by atomic mass is 10.1. The second-order valence-electron chi connectivity index (χ2n) is 3.84. The lowest BCUT2D eigenvalue weighted by molar-refractivity contribution is 0.465. The highest BCUT2D eigenvalue weighted by atomic mass is 16.5. The molecular weight excluding hydrogens is 226 g/mol. The predicted molar refractivity (Wildman–Crippen MR) is 70.5 cm³/mol. The largest absolute Gasteiger partial charge is 0.437 e. The zero-order valence-corrected chi connectivity index (χ0v) is 9.58. The van der Waals surface area contributed by atoms with E-state index in [9.17, 15) is 0 Å². The van der Waals surface area contributed by atoms with Crippen LogP contribution >= 0.6 is 0 Å². The molecule has 1 aromatic heterocycles. The second kappa shape index (κ2) is 4.33. The number of anilines is 1. The van der Waals surface area contributed by atoms with Gasteiger partial charge in [-0.1, -0.05) is 24.3 Å². The van der Waals surface area contributed by atoms with Crippen molar-refractivity contribution in [3.05, 3.63) is 55.0 Å². The fourth-order valence-corrected chi connectivity index (χ4v) is 1.83. The van der Waals surface area contributed by atoms with Crippen LogP contribution in [0.15, 0.2) is 55.0 Å². The molecule has 2 N–H and O–H groups in total. The third-order valence-electron chi connectivity index (χ3n) is 2.67.